The van der Waals surface area contributed by atoms with Crippen LogP contribution in [0.2, 0.25) is 0 Å². The molecule has 4 heteroatoms. The van der Waals surface area contributed by atoms with Gasteiger partial charge in [0.2, 0.25) is 5.91 Å². The fourth-order valence-electron chi connectivity index (χ4n) is 2.87. The summed E-state index contributed by atoms with van der Waals surface area (Å²) in [5.74, 6) is 0.674. The lowest BCUT2D eigenvalue weighted by atomic mass is 9.80. The summed E-state index contributed by atoms with van der Waals surface area (Å²) in [6.07, 6.45) is 4.93. The van der Waals surface area contributed by atoms with Gasteiger partial charge in [0.1, 0.15) is 0 Å². The average Bonchev–Trinajstić information content (AvgIpc) is 2.35. The minimum Gasteiger partial charge on any atom is -0.349 e. The summed E-state index contributed by atoms with van der Waals surface area (Å²) < 4.78 is 0. The van der Waals surface area contributed by atoms with E-state index in [4.69, 9.17) is 0 Å². The Bertz CT molecular complexity index is 549. The molecule has 1 fully saturated rings. The topological polar surface area (TPSA) is 58.2 Å². The molecule has 1 atom stereocenters. The van der Waals surface area contributed by atoms with Crippen molar-refractivity contribution in [2.75, 3.05) is 5.32 Å². The maximum Gasteiger partial charge on any atom is 0.251 e. The van der Waals surface area contributed by atoms with Crippen molar-refractivity contribution in [3.63, 3.8) is 0 Å². The molecule has 20 heavy (non-hydrogen) atoms. The van der Waals surface area contributed by atoms with Crippen LogP contribution in [0.4, 0.5) is 5.69 Å². The Morgan fingerprint density at radius 2 is 2.15 bits per heavy atom. The predicted octanol–water partition coefficient (Wildman–Crippen LogP) is 2.49. The molecular formula is C16H20N2O2. The van der Waals surface area contributed by atoms with Crippen molar-refractivity contribution < 1.29 is 9.59 Å². The maximum atomic E-state index is 12.3. The molecular weight excluding hydrogens is 252 g/mol. The number of carbonyl (C=O) groups is 2. The zero-order valence-electron chi connectivity index (χ0n) is 11.7. The molecule has 1 aliphatic carbocycles. The normalized spacial score (nSPS) is 19.6. The monoisotopic (exact) mass is 272 g/mol. The molecule has 0 aromatic heterocycles. The lowest BCUT2D eigenvalue weighted by Gasteiger charge is -2.32. The molecule has 2 N–H and O–H groups in total. The highest BCUT2D eigenvalue weighted by Crippen LogP contribution is 2.29. The van der Waals surface area contributed by atoms with Gasteiger partial charge in [-0.3, -0.25) is 9.59 Å². The van der Waals surface area contributed by atoms with E-state index < -0.39 is 0 Å². The van der Waals surface area contributed by atoms with E-state index >= 15 is 0 Å². The van der Waals surface area contributed by atoms with Gasteiger partial charge in [-0.2, -0.15) is 0 Å². The van der Waals surface area contributed by atoms with Crippen LogP contribution in [-0.4, -0.2) is 17.9 Å². The molecule has 0 bridgehead atoms. The van der Waals surface area contributed by atoms with Crippen LogP contribution in [0.5, 0.6) is 0 Å². The van der Waals surface area contributed by atoms with Gasteiger partial charge in [-0.05, 0) is 55.9 Å². The fraction of sp³-hybridized carbons (Fsp3) is 0.500. The molecule has 1 saturated carbocycles. The molecule has 1 aromatic rings. The second kappa shape index (κ2) is 5.27. The van der Waals surface area contributed by atoms with E-state index in [1.807, 2.05) is 12.1 Å². The van der Waals surface area contributed by atoms with Gasteiger partial charge < -0.3 is 10.6 Å². The van der Waals surface area contributed by atoms with Crippen LogP contribution in [0.25, 0.3) is 0 Å². The van der Waals surface area contributed by atoms with E-state index in [0.29, 0.717) is 24.3 Å². The van der Waals surface area contributed by atoms with Crippen molar-refractivity contribution in [2.45, 2.75) is 45.1 Å². The van der Waals surface area contributed by atoms with Crippen LogP contribution in [0, 0.1) is 5.92 Å². The Hall–Kier alpha value is -1.84. The largest absolute Gasteiger partial charge is 0.349 e. The highest BCUT2D eigenvalue weighted by atomic mass is 16.2. The van der Waals surface area contributed by atoms with Gasteiger partial charge in [-0.25, -0.2) is 0 Å². The first kappa shape index (κ1) is 13.2. The predicted molar refractivity (Wildman–Crippen MR) is 77.7 cm³/mol. The third-order valence-corrected chi connectivity index (χ3v) is 4.48. The molecule has 1 unspecified atom stereocenters. The molecule has 0 saturated heterocycles. The number of hydrogen-bond acceptors (Lipinski definition) is 2. The second-order valence-electron chi connectivity index (χ2n) is 5.87. The van der Waals surface area contributed by atoms with Crippen molar-refractivity contribution in [1.29, 1.82) is 0 Å². The van der Waals surface area contributed by atoms with Crippen molar-refractivity contribution in [3.05, 3.63) is 29.3 Å². The molecule has 0 spiro atoms. The van der Waals surface area contributed by atoms with E-state index in [9.17, 15) is 9.59 Å². The summed E-state index contributed by atoms with van der Waals surface area (Å²) in [4.78, 5) is 23.6. The molecule has 2 amide bonds. The SMILES string of the molecule is CC(NC(=O)c1ccc2c(c1)CCC(=O)N2)C1CCC1. The van der Waals surface area contributed by atoms with Crippen molar-refractivity contribution in [1.82, 2.24) is 5.32 Å². The van der Waals surface area contributed by atoms with Crippen molar-refractivity contribution in [3.8, 4) is 0 Å². The van der Waals surface area contributed by atoms with Crippen LogP contribution < -0.4 is 10.6 Å². The van der Waals surface area contributed by atoms with Crippen molar-refractivity contribution >= 4 is 17.5 Å². The molecule has 4 nitrogen and oxygen atoms in total. The van der Waals surface area contributed by atoms with Crippen LogP contribution in [0.15, 0.2) is 18.2 Å². The third kappa shape index (κ3) is 2.55. The molecule has 1 aromatic carbocycles. The number of amides is 2. The van der Waals surface area contributed by atoms with E-state index in [0.717, 1.165) is 11.3 Å². The average molecular weight is 272 g/mol. The Morgan fingerprint density at radius 3 is 2.85 bits per heavy atom. The summed E-state index contributed by atoms with van der Waals surface area (Å²) in [6, 6.07) is 5.76. The Morgan fingerprint density at radius 1 is 1.35 bits per heavy atom. The number of aryl methyl sites for hydroxylation is 1. The number of rotatable bonds is 3. The minimum atomic E-state index is -0.0101. The summed E-state index contributed by atoms with van der Waals surface area (Å²) >= 11 is 0. The van der Waals surface area contributed by atoms with Gasteiger partial charge in [0, 0.05) is 23.7 Å². The van der Waals surface area contributed by atoms with Gasteiger partial charge >= 0.3 is 0 Å². The van der Waals surface area contributed by atoms with Crippen LogP contribution in [0.3, 0.4) is 0 Å². The van der Waals surface area contributed by atoms with Crippen LogP contribution in [-0.2, 0) is 11.2 Å². The molecule has 1 heterocycles. The fourth-order valence-corrected chi connectivity index (χ4v) is 2.87. The van der Waals surface area contributed by atoms with Gasteiger partial charge in [-0.15, -0.1) is 0 Å². The van der Waals surface area contributed by atoms with E-state index in [1.54, 1.807) is 6.07 Å². The summed E-state index contributed by atoms with van der Waals surface area (Å²) in [7, 11) is 0. The second-order valence-corrected chi connectivity index (χ2v) is 5.87. The van der Waals surface area contributed by atoms with Gasteiger partial charge in [-0.1, -0.05) is 6.42 Å². The molecule has 1 aliphatic heterocycles. The van der Waals surface area contributed by atoms with E-state index in [1.165, 1.54) is 19.3 Å². The number of hydrogen-bond donors (Lipinski definition) is 2. The number of carbonyl (C=O) groups excluding carboxylic acids is 2. The lowest BCUT2D eigenvalue weighted by Crippen LogP contribution is -2.40. The van der Waals surface area contributed by atoms with Gasteiger partial charge in [0.25, 0.3) is 5.91 Å². The molecule has 106 valence electrons. The molecule has 2 aliphatic rings. The third-order valence-electron chi connectivity index (χ3n) is 4.48. The number of nitrogens with one attached hydrogen (secondary N) is 2. The van der Waals surface area contributed by atoms with Gasteiger partial charge in [0.05, 0.1) is 0 Å². The van der Waals surface area contributed by atoms with E-state index in [2.05, 4.69) is 17.6 Å². The standard InChI is InChI=1S/C16H20N2O2/c1-10(11-3-2-4-11)17-16(20)13-5-7-14-12(9-13)6-8-15(19)18-14/h5,7,9-11H,2-4,6,8H2,1H3,(H,17,20)(H,18,19). The molecule has 3 rings (SSSR count). The van der Waals surface area contributed by atoms with Crippen LogP contribution >= 0.6 is 0 Å². The van der Waals surface area contributed by atoms with E-state index in [-0.39, 0.29) is 17.9 Å². The molecule has 0 radical (unpaired) electrons. The Kier molecular flexibility index (Phi) is 3.47. The quantitative estimate of drug-likeness (QED) is 0.888. The van der Waals surface area contributed by atoms with Crippen molar-refractivity contribution in [2.24, 2.45) is 5.92 Å². The number of benzene rings is 1. The number of anilines is 1. The van der Waals surface area contributed by atoms with Gasteiger partial charge in [0.15, 0.2) is 0 Å². The smallest absolute Gasteiger partial charge is 0.251 e. The zero-order valence-corrected chi connectivity index (χ0v) is 11.7. The zero-order chi connectivity index (χ0) is 14.1. The van der Waals surface area contributed by atoms with Crippen LogP contribution in [0.1, 0.15) is 48.5 Å². The first-order chi connectivity index (χ1) is 9.63. The minimum absolute atomic E-state index is 0.0101. The number of fused-ring (bicyclic) bond motifs is 1. The Labute approximate surface area is 118 Å². The summed E-state index contributed by atoms with van der Waals surface area (Å²) in [5, 5.41) is 5.92. The first-order valence-corrected chi connectivity index (χ1v) is 7.37. The summed E-state index contributed by atoms with van der Waals surface area (Å²) in [5.41, 5.74) is 2.57. The summed E-state index contributed by atoms with van der Waals surface area (Å²) in [6.45, 7) is 2.08. The first-order valence-electron chi connectivity index (χ1n) is 7.37. The maximum absolute atomic E-state index is 12.3. The highest BCUT2D eigenvalue weighted by molar-refractivity contribution is 5.98. The lowest BCUT2D eigenvalue weighted by molar-refractivity contribution is -0.116. The Balaban J connectivity index is 1.70. The highest BCUT2D eigenvalue weighted by Gasteiger charge is 2.25.